The zero-order valence-electron chi connectivity index (χ0n) is 11.9. The highest BCUT2D eigenvalue weighted by Gasteiger charge is 2.13. The molecular weight excluding hydrogens is 268 g/mol. The van der Waals surface area contributed by atoms with Crippen LogP contribution in [0.4, 0.5) is 0 Å². The predicted octanol–water partition coefficient (Wildman–Crippen LogP) is 3.15. The van der Waals surface area contributed by atoms with E-state index in [0.29, 0.717) is 12.4 Å². The fourth-order valence-electron chi connectivity index (χ4n) is 1.94. The molecule has 0 aliphatic rings. The van der Waals surface area contributed by atoms with Gasteiger partial charge in [0.1, 0.15) is 12.4 Å². The maximum absolute atomic E-state index is 11.3. The Hall–Kier alpha value is -2.62. The summed E-state index contributed by atoms with van der Waals surface area (Å²) in [6.45, 7) is 4.47. The minimum absolute atomic E-state index is 0.140. The molecule has 0 radical (unpaired) electrons. The van der Waals surface area contributed by atoms with E-state index in [9.17, 15) is 9.59 Å². The number of benzene rings is 2. The van der Waals surface area contributed by atoms with Crippen molar-refractivity contribution in [2.45, 2.75) is 20.5 Å². The van der Waals surface area contributed by atoms with Gasteiger partial charge in [0.05, 0.1) is 0 Å². The largest absolute Gasteiger partial charge is 0.489 e. The lowest BCUT2D eigenvalue weighted by atomic mass is 10.1. The van der Waals surface area contributed by atoms with Crippen LogP contribution in [0.25, 0.3) is 0 Å². The van der Waals surface area contributed by atoms with Crippen molar-refractivity contribution >= 4 is 11.8 Å². The third-order valence-electron chi connectivity index (χ3n) is 3.21. The minimum Gasteiger partial charge on any atom is -0.489 e. The number of aryl methyl sites for hydroxylation is 2. The number of hydrogen-bond donors (Lipinski definition) is 1. The number of carboxylic acids is 1. The van der Waals surface area contributed by atoms with Crippen LogP contribution in [0, 0.1) is 13.8 Å². The first-order valence-electron chi connectivity index (χ1n) is 6.54. The third-order valence-corrected chi connectivity index (χ3v) is 3.21. The van der Waals surface area contributed by atoms with Crippen LogP contribution in [-0.4, -0.2) is 16.9 Å². The lowest BCUT2D eigenvalue weighted by molar-refractivity contribution is -0.131. The molecule has 2 aromatic carbocycles. The Morgan fingerprint density at radius 3 is 2.33 bits per heavy atom. The minimum atomic E-state index is -1.46. The van der Waals surface area contributed by atoms with Gasteiger partial charge in [0, 0.05) is 5.56 Å². The molecule has 0 heterocycles. The molecule has 0 bridgehead atoms. The molecule has 0 fully saturated rings. The standard InChI is InChI=1S/C17H16O4/c1-11-3-4-12(2)14(9-11)10-21-15-7-5-13(6-8-15)16(18)17(19)20/h3-9H,10H2,1-2H3,(H,19,20). The van der Waals surface area contributed by atoms with Gasteiger partial charge in [0.15, 0.2) is 0 Å². The zero-order chi connectivity index (χ0) is 15.4. The summed E-state index contributed by atoms with van der Waals surface area (Å²) in [5, 5.41) is 8.63. The Labute approximate surface area is 123 Å². The highest BCUT2D eigenvalue weighted by molar-refractivity contribution is 6.39. The van der Waals surface area contributed by atoms with E-state index in [1.807, 2.05) is 26.0 Å². The van der Waals surface area contributed by atoms with Crippen molar-refractivity contribution in [3.8, 4) is 5.75 Å². The second-order valence-electron chi connectivity index (χ2n) is 4.88. The number of aliphatic carboxylic acids is 1. The van der Waals surface area contributed by atoms with Gasteiger partial charge in [-0.05, 0) is 49.2 Å². The molecule has 1 N–H and O–H groups in total. The molecule has 4 nitrogen and oxygen atoms in total. The summed E-state index contributed by atoms with van der Waals surface area (Å²) >= 11 is 0. The van der Waals surface area contributed by atoms with Crippen LogP contribution >= 0.6 is 0 Å². The van der Waals surface area contributed by atoms with Crippen LogP contribution in [0.15, 0.2) is 42.5 Å². The highest BCUT2D eigenvalue weighted by Crippen LogP contribution is 2.17. The summed E-state index contributed by atoms with van der Waals surface area (Å²) in [5.74, 6) is -1.78. The van der Waals surface area contributed by atoms with Gasteiger partial charge in [0.25, 0.3) is 5.78 Å². The molecule has 0 amide bonds. The number of ether oxygens (including phenoxy) is 1. The van der Waals surface area contributed by atoms with Gasteiger partial charge in [-0.25, -0.2) is 4.79 Å². The van der Waals surface area contributed by atoms with Crippen LogP contribution in [-0.2, 0) is 11.4 Å². The fourth-order valence-corrected chi connectivity index (χ4v) is 1.94. The molecule has 0 saturated heterocycles. The van der Waals surface area contributed by atoms with E-state index in [1.54, 1.807) is 12.1 Å². The van der Waals surface area contributed by atoms with E-state index in [2.05, 4.69) is 6.07 Å². The van der Waals surface area contributed by atoms with Crippen molar-refractivity contribution in [2.24, 2.45) is 0 Å². The normalized spacial score (nSPS) is 10.2. The second kappa shape index (κ2) is 6.22. The summed E-state index contributed by atoms with van der Waals surface area (Å²) in [4.78, 5) is 21.9. The van der Waals surface area contributed by atoms with Crippen LogP contribution in [0.2, 0.25) is 0 Å². The molecule has 0 aromatic heterocycles. The number of carbonyl (C=O) groups excluding carboxylic acids is 1. The van der Waals surface area contributed by atoms with Gasteiger partial charge in [-0.2, -0.15) is 0 Å². The van der Waals surface area contributed by atoms with Gasteiger partial charge in [-0.15, -0.1) is 0 Å². The molecule has 4 heteroatoms. The number of rotatable bonds is 5. The van der Waals surface area contributed by atoms with E-state index in [-0.39, 0.29) is 5.56 Å². The number of hydrogen-bond acceptors (Lipinski definition) is 3. The van der Waals surface area contributed by atoms with Crippen molar-refractivity contribution in [2.75, 3.05) is 0 Å². The van der Waals surface area contributed by atoms with Crippen molar-refractivity contribution < 1.29 is 19.4 Å². The molecule has 21 heavy (non-hydrogen) atoms. The quantitative estimate of drug-likeness (QED) is 0.676. The first-order chi connectivity index (χ1) is 9.97. The van der Waals surface area contributed by atoms with Gasteiger partial charge in [0.2, 0.25) is 0 Å². The van der Waals surface area contributed by atoms with Crippen molar-refractivity contribution in [3.05, 3.63) is 64.7 Å². The lowest BCUT2D eigenvalue weighted by Gasteiger charge is -2.10. The molecule has 0 spiro atoms. The van der Waals surface area contributed by atoms with Crippen LogP contribution in [0.5, 0.6) is 5.75 Å². The van der Waals surface area contributed by atoms with Crippen molar-refractivity contribution in [3.63, 3.8) is 0 Å². The molecule has 0 aliphatic carbocycles. The summed E-state index contributed by atoms with van der Waals surface area (Å²) in [6.07, 6.45) is 0. The first kappa shape index (κ1) is 14.8. The van der Waals surface area contributed by atoms with Gasteiger partial charge >= 0.3 is 5.97 Å². The Bertz CT molecular complexity index is 672. The van der Waals surface area contributed by atoms with Crippen molar-refractivity contribution in [1.29, 1.82) is 0 Å². The summed E-state index contributed by atoms with van der Waals surface area (Å²) in [7, 11) is 0. The van der Waals surface area contributed by atoms with Crippen LogP contribution in [0.1, 0.15) is 27.0 Å². The average Bonchev–Trinajstić information content (AvgIpc) is 2.48. The fraction of sp³-hybridized carbons (Fsp3) is 0.176. The zero-order valence-corrected chi connectivity index (χ0v) is 11.9. The smallest absolute Gasteiger partial charge is 0.377 e. The van der Waals surface area contributed by atoms with E-state index in [4.69, 9.17) is 9.84 Å². The number of Topliss-reactive ketones (excluding diaryl/α,β-unsaturated/α-hetero) is 1. The predicted molar refractivity (Wildman–Crippen MR) is 78.7 cm³/mol. The molecule has 0 atom stereocenters. The van der Waals surface area contributed by atoms with Gasteiger partial charge < -0.3 is 9.84 Å². The molecule has 108 valence electrons. The first-order valence-corrected chi connectivity index (χ1v) is 6.54. The number of ketones is 1. The molecule has 2 aromatic rings. The molecular formula is C17H16O4. The van der Waals surface area contributed by atoms with Crippen LogP contribution in [0.3, 0.4) is 0 Å². The summed E-state index contributed by atoms with van der Waals surface area (Å²) in [5.41, 5.74) is 3.56. The van der Waals surface area contributed by atoms with Gasteiger partial charge in [-0.3, -0.25) is 4.79 Å². The molecule has 0 unspecified atom stereocenters. The van der Waals surface area contributed by atoms with E-state index >= 15 is 0 Å². The molecule has 0 aliphatic heterocycles. The average molecular weight is 284 g/mol. The molecule has 0 saturated carbocycles. The molecule has 2 rings (SSSR count). The Morgan fingerprint density at radius 2 is 1.71 bits per heavy atom. The Kier molecular flexibility index (Phi) is 4.38. The Morgan fingerprint density at radius 1 is 1.05 bits per heavy atom. The summed E-state index contributed by atoms with van der Waals surface area (Å²) in [6, 6.07) is 12.3. The maximum atomic E-state index is 11.3. The van der Waals surface area contributed by atoms with E-state index in [1.165, 1.54) is 17.7 Å². The van der Waals surface area contributed by atoms with E-state index in [0.717, 1.165) is 11.1 Å². The van der Waals surface area contributed by atoms with Gasteiger partial charge in [-0.1, -0.05) is 23.8 Å². The topological polar surface area (TPSA) is 63.6 Å². The van der Waals surface area contributed by atoms with E-state index < -0.39 is 11.8 Å². The van der Waals surface area contributed by atoms with Crippen molar-refractivity contribution in [1.82, 2.24) is 0 Å². The SMILES string of the molecule is Cc1ccc(C)c(COc2ccc(C(=O)C(=O)O)cc2)c1. The Balaban J connectivity index is 2.06. The summed E-state index contributed by atoms with van der Waals surface area (Å²) < 4.78 is 5.66. The highest BCUT2D eigenvalue weighted by atomic mass is 16.5. The van der Waals surface area contributed by atoms with Crippen LogP contribution < -0.4 is 4.74 Å². The monoisotopic (exact) mass is 284 g/mol. The third kappa shape index (κ3) is 3.69. The number of carbonyl (C=O) groups is 2. The number of carboxylic acid groups (broad SMARTS) is 1. The second-order valence-corrected chi connectivity index (χ2v) is 4.88. The lowest BCUT2D eigenvalue weighted by Crippen LogP contribution is -2.12. The maximum Gasteiger partial charge on any atom is 0.377 e.